The van der Waals surface area contributed by atoms with Gasteiger partial charge in [-0.3, -0.25) is 4.79 Å². The predicted octanol–water partition coefficient (Wildman–Crippen LogP) is 0.638. The van der Waals surface area contributed by atoms with E-state index in [-0.39, 0.29) is 28.5 Å². The fourth-order valence-corrected chi connectivity index (χ4v) is 1.68. The van der Waals surface area contributed by atoms with Crippen molar-refractivity contribution in [2.24, 2.45) is 0 Å². The molecule has 0 atom stereocenters. The van der Waals surface area contributed by atoms with Gasteiger partial charge in [0.25, 0.3) is 0 Å². The molecule has 0 aliphatic rings. The Morgan fingerprint density at radius 1 is 1.50 bits per heavy atom. The number of esters is 1. The number of nitrogens with one attached hydrogen (secondary N) is 1. The fourth-order valence-electron chi connectivity index (χ4n) is 1.68. The summed E-state index contributed by atoms with van der Waals surface area (Å²) in [6.07, 6.45) is 1.18. The minimum atomic E-state index is -0.789. The van der Waals surface area contributed by atoms with Gasteiger partial charge in [0.15, 0.2) is 0 Å². The second kappa shape index (κ2) is 4.64. The predicted molar refractivity (Wildman–Crippen MR) is 65.9 cm³/mol. The molecule has 2 rings (SSSR count). The molecule has 0 aliphatic heterocycles. The molecule has 0 aliphatic carbocycles. The lowest BCUT2D eigenvalue weighted by Gasteiger charge is -2.06. The van der Waals surface area contributed by atoms with Gasteiger partial charge in [0, 0.05) is 11.7 Å². The van der Waals surface area contributed by atoms with E-state index < -0.39 is 17.2 Å². The molecule has 1 aromatic carbocycles. The number of fused-ring (bicyclic) bond motifs is 1. The molecule has 0 saturated carbocycles. The molecule has 2 aromatic rings. The maximum atomic E-state index is 13.6. The summed E-state index contributed by atoms with van der Waals surface area (Å²) in [4.78, 5) is 26.2. The van der Waals surface area contributed by atoms with Gasteiger partial charge >= 0.3 is 5.97 Å². The summed E-state index contributed by atoms with van der Waals surface area (Å²) in [5.41, 5.74) is -0.562. The zero-order valence-corrected chi connectivity index (χ0v) is 9.62. The first-order valence-corrected chi connectivity index (χ1v) is 5.32. The molecule has 0 amide bonds. The number of carbonyl (C=O) groups excluding carboxylic acids is 1. The highest BCUT2D eigenvalue weighted by Gasteiger charge is 2.16. The lowest BCUT2D eigenvalue weighted by molar-refractivity contribution is 0.0524. The van der Waals surface area contributed by atoms with E-state index in [0.717, 1.165) is 6.07 Å². The monoisotopic (exact) mass is 245 g/mol. The van der Waals surface area contributed by atoms with Gasteiger partial charge in [0.05, 0.1) is 12.0 Å². The molecule has 0 fully saturated rings. The Balaban J connectivity index is 2.76. The Bertz CT molecular complexity index is 681. The third-order valence-electron chi connectivity index (χ3n) is 2.51. The third kappa shape index (κ3) is 1.90. The number of pyridine rings is 1. The molecule has 0 unspecified atom stereocenters. The molecular weight excluding hydrogens is 236 g/mol. The van der Waals surface area contributed by atoms with Crippen molar-refractivity contribution in [3.8, 4) is 0 Å². The molecular formula is C12H9BFNO3. The summed E-state index contributed by atoms with van der Waals surface area (Å²) in [5.74, 6) is -1.52. The van der Waals surface area contributed by atoms with Gasteiger partial charge in [-0.25, -0.2) is 9.18 Å². The zero-order chi connectivity index (χ0) is 13.3. The first kappa shape index (κ1) is 12.4. The molecule has 18 heavy (non-hydrogen) atoms. The highest BCUT2D eigenvalue weighted by molar-refractivity contribution is 6.38. The summed E-state index contributed by atoms with van der Waals surface area (Å²) in [6.45, 7) is 1.75. The van der Waals surface area contributed by atoms with E-state index >= 15 is 0 Å². The second-order valence-electron chi connectivity index (χ2n) is 3.64. The van der Waals surface area contributed by atoms with E-state index in [1.54, 1.807) is 6.92 Å². The van der Waals surface area contributed by atoms with Crippen LogP contribution in [-0.4, -0.2) is 25.4 Å². The second-order valence-corrected chi connectivity index (χ2v) is 3.64. The van der Waals surface area contributed by atoms with Crippen LogP contribution in [-0.2, 0) is 4.74 Å². The quantitative estimate of drug-likeness (QED) is 0.623. The molecule has 90 valence electrons. The van der Waals surface area contributed by atoms with E-state index in [4.69, 9.17) is 12.6 Å². The van der Waals surface area contributed by atoms with Crippen LogP contribution in [0.2, 0.25) is 0 Å². The number of aromatic nitrogens is 1. The van der Waals surface area contributed by atoms with Crippen LogP contribution in [0.1, 0.15) is 17.3 Å². The van der Waals surface area contributed by atoms with Crippen molar-refractivity contribution in [1.82, 2.24) is 4.98 Å². The Morgan fingerprint density at radius 3 is 2.89 bits per heavy atom. The Labute approximate surface area is 103 Å². The normalized spacial score (nSPS) is 10.6. The summed E-state index contributed by atoms with van der Waals surface area (Å²) in [7, 11) is 5.63. The van der Waals surface area contributed by atoms with Crippen LogP contribution in [0.3, 0.4) is 0 Å². The Kier molecular flexibility index (Phi) is 3.18. The standard InChI is InChI=1S/C12H9BFNO3/c1-2-18-12(17)6-5-15-10-7(13)3-4-8(14)9(10)11(6)16/h3-5H,2H2,1H3,(H,15,16). The van der Waals surface area contributed by atoms with Crippen molar-refractivity contribution < 1.29 is 13.9 Å². The number of aromatic amines is 1. The van der Waals surface area contributed by atoms with Gasteiger partial charge in [-0.1, -0.05) is 11.5 Å². The highest BCUT2D eigenvalue weighted by Crippen LogP contribution is 2.10. The zero-order valence-electron chi connectivity index (χ0n) is 9.62. The Hall–Kier alpha value is -2.11. The number of hydrogen-bond acceptors (Lipinski definition) is 3. The first-order chi connectivity index (χ1) is 8.56. The topological polar surface area (TPSA) is 59.2 Å². The molecule has 0 spiro atoms. The largest absolute Gasteiger partial charge is 0.462 e. The van der Waals surface area contributed by atoms with Crippen molar-refractivity contribution in [2.45, 2.75) is 6.92 Å². The van der Waals surface area contributed by atoms with Gasteiger partial charge < -0.3 is 9.72 Å². The van der Waals surface area contributed by atoms with E-state index in [2.05, 4.69) is 4.98 Å². The molecule has 1 heterocycles. The maximum absolute atomic E-state index is 13.6. The van der Waals surface area contributed by atoms with Crippen LogP contribution >= 0.6 is 0 Å². The smallest absolute Gasteiger partial charge is 0.343 e. The summed E-state index contributed by atoms with van der Waals surface area (Å²) < 4.78 is 18.3. The lowest BCUT2D eigenvalue weighted by atomic mass is 9.92. The van der Waals surface area contributed by atoms with Crippen molar-refractivity contribution in [3.63, 3.8) is 0 Å². The molecule has 4 nitrogen and oxygen atoms in total. The SMILES string of the molecule is [B]c1ccc(F)c2c(=O)c(C(=O)OCC)c[nH]c12. The number of carbonyl (C=O) groups is 1. The van der Waals surface area contributed by atoms with Gasteiger partial charge in [0.2, 0.25) is 5.43 Å². The van der Waals surface area contributed by atoms with E-state index in [1.807, 2.05) is 0 Å². The van der Waals surface area contributed by atoms with Gasteiger partial charge in [-0.2, -0.15) is 0 Å². The molecule has 1 N–H and O–H groups in total. The van der Waals surface area contributed by atoms with E-state index in [1.165, 1.54) is 12.3 Å². The Morgan fingerprint density at radius 2 is 2.22 bits per heavy atom. The summed E-state index contributed by atoms with van der Waals surface area (Å²) in [6, 6.07) is 2.43. The van der Waals surface area contributed by atoms with E-state index in [9.17, 15) is 14.0 Å². The van der Waals surface area contributed by atoms with Crippen molar-refractivity contribution >= 4 is 30.2 Å². The van der Waals surface area contributed by atoms with E-state index in [0.29, 0.717) is 0 Å². The molecule has 0 saturated heterocycles. The maximum Gasteiger partial charge on any atom is 0.343 e. The van der Waals surface area contributed by atoms with Crippen LogP contribution in [0.5, 0.6) is 0 Å². The summed E-state index contributed by atoms with van der Waals surface area (Å²) >= 11 is 0. The minimum Gasteiger partial charge on any atom is -0.462 e. The number of halogens is 1. The molecule has 6 heteroatoms. The summed E-state index contributed by atoms with van der Waals surface area (Å²) in [5, 5.41) is -0.236. The number of benzene rings is 1. The molecule has 2 radical (unpaired) electrons. The van der Waals surface area contributed by atoms with Crippen LogP contribution in [0.4, 0.5) is 4.39 Å². The van der Waals surface area contributed by atoms with Crippen LogP contribution in [0.15, 0.2) is 23.1 Å². The van der Waals surface area contributed by atoms with Gasteiger partial charge in [-0.15, -0.1) is 0 Å². The number of hydrogen-bond donors (Lipinski definition) is 1. The number of rotatable bonds is 2. The van der Waals surface area contributed by atoms with Gasteiger partial charge in [0.1, 0.15) is 19.2 Å². The van der Waals surface area contributed by atoms with Crippen molar-refractivity contribution in [3.05, 3.63) is 39.9 Å². The minimum absolute atomic E-state index is 0.135. The first-order valence-electron chi connectivity index (χ1n) is 5.32. The highest BCUT2D eigenvalue weighted by atomic mass is 19.1. The lowest BCUT2D eigenvalue weighted by Crippen LogP contribution is -2.21. The van der Waals surface area contributed by atoms with Gasteiger partial charge in [-0.05, 0) is 13.0 Å². The van der Waals surface area contributed by atoms with Crippen molar-refractivity contribution in [2.75, 3.05) is 6.61 Å². The number of H-pyrrole nitrogens is 1. The van der Waals surface area contributed by atoms with Crippen LogP contribution < -0.4 is 10.9 Å². The third-order valence-corrected chi connectivity index (χ3v) is 2.51. The average Bonchev–Trinajstić information content (AvgIpc) is 2.34. The van der Waals surface area contributed by atoms with Crippen LogP contribution in [0.25, 0.3) is 10.9 Å². The number of ether oxygens (including phenoxy) is 1. The average molecular weight is 245 g/mol. The van der Waals surface area contributed by atoms with Crippen molar-refractivity contribution in [1.29, 1.82) is 0 Å². The molecule has 0 bridgehead atoms. The van der Waals surface area contributed by atoms with Crippen LogP contribution in [0, 0.1) is 5.82 Å². The molecule has 1 aromatic heterocycles. The fraction of sp³-hybridized carbons (Fsp3) is 0.167.